The maximum atomic E-state index is 5.36. The van der Waals surface area contributed by atoms with Crippen molar-refractivity contribution in [3.8, 4) is 11.5 Å². The maximum Gasteiger partial charge on any atom is 0.231 e. The van der Waals surface area contributed by atoms with E-state index in [2.05, 4.69) is 35.1 Å². The minimum Gasteiger partial charge on any atom is -0.454 e. The first-order chi connectivity index (χ1) is 7.70. The molecule has 1 N–H and O–H groups in total. The van der Waals surface area contributed by atoms with E-state index >= 15 is 0 Å². The fraction of sp³-hybridized carbons (Fsp3) is 0.500. The summed E-state index contributed by atoms with van der Waals surface area (Å²) in [4.78, 5) is 0. The van der Waals surface area contributed by atoms with E-state index in [4.69, 9.17) is 9.47 Å². The highest BCUT2D eigenvalue weighted by Gasteiger charge is 2.16. The zero-order chi connectivity index (χ0) is 11.5. The Labute approximate surface area is 104 Å². The quantitative estimate of drug-likeness (QED) is 0.922. The van der Waals surface area contributed by atoms with E-state index in [1.807, 2.05) is 12.1 Å². The van der Waals surface area contributed by atoms with E-state index in [0.717, 1.165) is 28.9 Å². The summed E-state index contributed by atoms with van der Waals surface area (Å²) < 4.78 is 11.7. The second-order valence-electron chi connectivity index (χ2n) is 3.99. The number of benzene rings is 1. The molecule has 0 aromatic heterocycles. The third-order valence-electron chi connectivity index (χ3n) is 2.79. The molecule has 4 heteroatoms. The number of rotatable bonds is 4. The van der Waals surface area contributed by atoms with Gasteiger partial charge in [0, 0.05) is 17.1 Å². The number of halogens is 1. The van der Waals surface area contributed by atoms with Gasteiger partial charge in [0.15, 0.2) is 11.5 Å². The van der Waals surface area contributed by atoms with E-state index in [1.54, 1.807) is 0 Å². The van der Waals surface area contributed by atoms with Crippen LogP contribution in [-0.2, 0) is 6.54 Å². The Hall–Kier alpha value is -0.740. The van der Waals surface area contributed by atoms with E-state index in [1.165, 1.54) is 5.56 Å². The first-order valence-electron chi connectivity index (χ1n) is 5.52. The van der Waals surface area contributed by atoms with Gasteiger partial charge in [-0.3, -0.25) is 0 Å². The summed E-state index contributed by atoms with van der Waals surface area (Å²) in [6.45, 7) is 5.52. The molecule has 3 nitrogen and oxygen atoms in total. The molecule has 88 valence electrons. The van der Waals surface area contributed by atoms with Gasteiger partial charge in [-0.1, -0.05) is 22.9 Å². The summed E-state index contributed by atoms with van der Waals surface area (Å²) in [6.07, 6.45) is 1.13. The highest BCUT2D eigenvalue weighted by atomic mass is 79.9. The van der Waals surface area contributed by atoms with Crippen molar-refractivity contribution in [1.82, 2.24) is 5.32 Å². The van der Waals surface area contributed by atoms with Gasteiger partial charge in [-0.25, -0.2) is 0 Å². The molecule has 0 radical (unpaired) electrons. The van der Waals surface area contributed by atoms with Gasteiger partial charge >= 0.3 is 0 Å². The van der Waals surface area contributed by atoms with Crippen LogP contribution in [0.15, 0.2) is 16.6 Å². The van der Waals surface area contributed by atoms with E-state index < -0.39 is 0 Å². The van der Waals surface area contributed by atoms with Gasteiger partial charge in [0.1, 0.15) is 0 Å². The molecule has 1 aliphatic rings. The molecular weight excluding hydrogens is 270 g/mol. The van der Waals surface area contributed by atoms with Crippen molar-refractivity contribution in [3.05, 3.63) is 22.2 Å². The zero-order valence-electron chi connectivity index (χ0n) is 9.55. The largest absolute Gasteiger partial charge is 0.454 e. The maximum absolute atomic E-state index is 5.36. The first kappa shape index (κ1) is 11.7. The Morgan fingerprint density at radius 2 is 2.06 bits per heavy atom. The number of ether oxygens (including phenoxy) is 2. The van der Waals surface area contributed by atoms with Crippen LogP contribution in [0.2, 0.25) is 0 Å². The lowest BCUT2D eigenvalue weighted by Gasteiger charge is -2.12. The Balaban J connectivity index is 2.09. The van der Waals surface area contributed by atoms with Crippen LogP contribution in [-0.4, -0.2) is 12.8 Å². The van der Waals surface area contributed by atoms with Crippen molar-refractivity contribution >= 4 is 15.9 Å². The van der Waals surface area contributed by atoms with Crippen LogP contribution < -0.4 is 14.8 Å². The third kappa shape index (κ3) is 2.50. The highest BCUT2D eigenvalue weighted by molar-refractivity contribution is 9.10. The third-order valence-corrected chi connectivity index (χ3v) is 3.53. The molecule has 0 aliphatic carbocycles. The molecule has 1 aromatic rings. The molecule has 2 rings (SSSR count). The fourth-order valence-electron chi connectivity index (χ4n) is 1.52. The standard InChI is InChI=1S/C12H16BrNO2/c1-3-8(2)14-6-9-4-11-12(5-10(9)13)16-7-15-11/h4-5,8,14H,3,6-7H2,1-2H3. The van der Waals surface area contributed by atoms with Crippen molar-refractivity contribution in [1.29, 1.82) is 0 Å². The molecule has 16 heavy (non-hydrogen) atoms. The van der Waals surface area contributed by atoms with Gasteiger partial charge < -0.3 is 14.8 Å². The number of hydrogen-bond acceptors (Lipinski definition) is 3. The average molecular weight is 286 g/mol. The summed E-state index contributed by atoms with van der Waals surface area (Å²) in [5.74, 6) is 1.66. The molecule has 0 saturated carbocycles. The van der Waals surface area contributed by atoms with E-state index in [0.29, 0.717) is 12.8 Å². The lowest BCUT2D eigenvalue weighted by atomic mass is 10.2. The Morgan fingerprint density at radius 1 is 1.38 bits per heavy atom. The van der Waals surface area contributed by atoms with Gasteiger partial charge in [0.05, 0.1) is 0 Å². The van der Waals surface area contributed by atoms with Gasteiger partial charge in [0.25, 0.3) is 0 Å². The zero-order valence-corrected chi connectivity index (χ0v) is 11.1. The average Bonchev–Trinajstić information content (AvgIpc) is 2.72. The summed E-state index contributed by atoms with van der Waals surface area (Å²) in [6, 6.07) is 4.52. The van der Waals surface area contributed by atoms with E-state index in [-0.39, 0.29) is 0 Å². The van der Waals surface area contributed by atoms with Gasteiger partial charge in [-0.2, -0.15) is 0 Å². The van der Waals surface area contributed by atoms with Crippen LogP contribution in [0.25, 0.3) is 0 Å². The summed E-state index contributed by atoms with van der Waals surface area (Å²) in [5, 5.41) is 3.45. The molecule has 1 aliphatic heterocycles. The summed E-state index contributed by atoms with van der Waals surface area (Å²) >= 11 is 3.55. The first-order valence-corrected chi connectivity index (χ1v) is 6.31. The molecule has 1 unspecified atom stereocenters. The Morgan fingerprint density at radius 3 is 2.75 bits per heavy atom. The van der Waals surface area contributed by atoms with Crippen LogP contribution in [0, 0.1) is 0 Å². The molecule has 0 saturated heterocycles. The predicted molar refractivity (Wildman–Crippen MR) is 66.9 cm³/mol. The van der Waals surface area contributed by atoms with Crippen molar-refractivity contribution in [3.63, 3.8) is 0 Å². The Kier molecular flexibility index (Phi) is 3.71. The lowest BCUT2D eigenvalue weighted by Crippen LogP contribution is -2.24. The number of hydrogen-bond donors (Lipinski definition) is 1. The Bertz CT molecular complexity index is 382. The molecule has 1 aromatic carbocycles. The van der Waals surface area contributed by atoms with Crippen molar-refractivity contribution in [2.24, 2.45) is 0 Å². The second kappa shape index (κ2) is 5.06. The monoisotopic (exact) mass is 285 g/mol. The molecule has 0 bridgehead atoms. The van der Waals surface area contributed by atoms with Crippen LogP contribution in [0.1, 0.15) is 25.8 Å². The lowest BCUT2D eigenvalue weighted by molar-refractivity contribution is 0.174. The summed E-state index contributed by atoms with van der Waals surface area (Å²) in [5.41, 5.74) is 1.20. The summed E-state index contributed by atoms with van der Waals surface area (Å²) in [7, 11) is 0. The topological polar surface area (TPSA) is 30.5 Å². The predicted octanol–water partition coefficient (Wildman–Crippen LogP) is 3.07. The normalized spacial score (nSPS) is 15.2. The molecule has 0 spiro atoms. The van der Waals surface area contributed by atoms with Gasteiger partial charge in [-0.05, 0) is 31.0 Å². The number of fused-ring (bicyclic) bond motifs is 1. The molecule has 1 atom stereocenters. The smallest absolute Gasteiger partial charge is 0.231 e. The van der Waals surface area contributed by atoms with Crippen LogP contribution in [0.3, 0.4) is 0 Å². The second-order valence-corrected chi connectivity index (χ2v) is 4.84. The van der Waals surface area contributed by atoms with Crippen molar-refractivity contribution in [2.75, 3.05) is 6.79 Å². The van der Waals surface area contributed by atoms with Crippen LogP contribution >= 0.6 is 15.9 Å². The fourth-order valence-corrected chi connectivity index (χ4v) is 1.99. The van der Waals surface area contributed by atoms with Crippen LogP contribution in [0.4, 0.5) is 0 Å². The molecule has 1 heterocycles. The van der Waals surface area contributed by atoms with Crippen molar-refractivity contribution < 1.29 is 9.47 Å². The van der Waals surface area contributed by atoms with E-state index in [9.17, 15) is 0 Å². The highest BCUT2D eigenvalue weighted by Crippen LogP contribution is 2.36. The molecular formula is C12H16BrNO2. The van der Waals surface area contributed by atoms with Gasteiger partial charge in [0.2, 0.25) is 6.79 Å². The minimum absolute atomic E-state index is 0.323. The number of nitrogens with one attached hydrogen (secondary N) is 1. The molecule has 0 fully saturated rings. The molecule has 0 amide bonds. The van der Waals surface area contributed by atoms with Gasteiger partial charge in [-0.15, -0.1) is 0 Å². The minimum atomic E-state index is 0.323. The van der Waals surface area contributed by atoms with Crippen LogP contribution in [0.5, 0.6) is 11.5 Å². The SMILES string of the molecule is CCC(C)NCc1cc2c(cc1Br)OCO2. The van der Waals surface area contributed by atoms with Crippen molar-refractivity contribution in [2.45, 2.75) is 32.9 Å².